The maximum Gasteiger partial charge on any atom is 0.325 e. The highest BCUT2D eigenvalue weighted by molar-refractivity contribution is 6.03. The Morgan fingerprint density at radius 3 is 2.50 bits per heavy atom. The van der Waals surface area contributed by atoms with Crippen molar-refractivity contribution in [3.63, 3.8) is 0 Å². The molecule has 1 aromatic rings. The van der Waals surface area contributed by atoms with Crippen LogP contribution in [0.15, 0.2) is 29.3 Å². The number of hydrogen-bond donors (Lipinski definition) is 2. The Bertz CT molecular complexity index is 792. The number of nitrogens with zero attached hydrogens (tertiary/aromatic N) is 5. The third-order valence-corrected chi connectivity index (χ3v) is 5.39. The smallest absolute Gasteiger partial charge is 0.322 e. The first-order valence-corrected chi connectivity index (χ1v) is 9.29. The number of halogens is 1. The molecule has 0 saturated carbocycles. The van der Waals surface area contributed by atoms with Gasteiger partial charge < -0.3 is 14.7 Å². The molecule has 4 rings (SSSR count). The van der Waals surface area contributed by atoms with E-state index in [1.54, 1.807) is 19.2 Å². The highest BCUT2D eigenvalue weighted by atomic mass is 19.1. The van der Waals surface area contributed by atoms with Crippen molar-refractivity contribution in [2.75, 3.05) is 40.3 Å². The van der Waals surface area contributed by atoms with Gasteiger partial charge in [-0.05, 0) is 24.7 Å². The fourth-order valence-electron chi connectivity index (χ4n) is 3.64. The van der Waals surface area contributed by atoms with Gasteiger partial charge in [-0.3, -0.25) is 15.5 Å². The van der Waals surface area contributed by atoms with Gasteiger partial charge in [0.25, 0.3) is 5.91 Å². The second-order valence-corrected chi connectivity index (χ2v) is 7.37. The zero-order chi connectivity index (χ0) is 19.8. The number of carbonyl (C=O) groups is 2. The Morgan fingerprint density at radius 1 is 1.14 bits per heavy atom. The molecule has 0 aromatic heterocycles. The van der Waals surface area contributed by atoms with Crippen molar-refractivity contribution in [2.24, 2.45) is 4.99 Å². The summed E-state index contributed by atoms with van der Waals surface area (Å²) in [6.07, 6.45) is -0.600. The Labute approximate surface area is 162 Å². The molecular formula is C18H24FN7O2. The minimum absolute atomic E-state index is 0.312. The molecule has 2 fully saturated rings. The van der Waals surface area contributed by atoms with E-state index < -0.39 is 18.2 Å². The van der Waals surface area contributed by atoms with Crippen LogP contribution in [0.25, 0.3) is 0 Å². The molecule has 2 unspecified atom stereocenters. The van der Waals surface area contributed by atoms with E-state index in [1.807, 2.05) is 4.90 Å². The lowest BCUT2D eigenvalue weighted by Gasteiger charge is -2.37. The fraction of sp³-hybridized carbons (Fsp3) is 0.500. The van der Waals surface area contributed by atoms with Crippen LogP contribution in [-0.4, -0.2) is 90.1 Å². The lowest BCUT2D eigenvalue weighted by Crippen LogP contribution is -2.64. The van der Waals surface area contributed by atoms with Gasteiger partial charge in [-0.2, -0.15) is 0 Å². The van der Waals surface area contributed by atoms with Gasteiger partial charge in [-0.25, -0.2) is 19.2 Å². The molecule has 10 heteroatoms. The summed E-state index contributed by atoms with van der Waals surface area (Å²) >= 11 is 0. The van der Waals surface area contributed by atoms with Crippen molar-refractivity contribution in [3.8, 4) is 0 Å². The number of hydrogen-bond acceptors (Lipinski definition) is 7. The van der Waals surface area contributed by atoms with Crippen LogP contribution < -0.4 is 10.7 Å². The van der Waals surface area contributed by atoms with Gasteiger partial charge >= 0.3 is 6.03 Å². The highest BCUT2D eigenvalue weighted by Crippen LogP contribution is 2.25. The predicted molar refractivity (Wildman–Crippen MR) is 100 cm³/mol. The summed E-state index contributed by atoms with van der Waals surface area (Å²) in [5, 5.41) is 4.44. The number of aliphatic imine (C=N–C) groups is 1. The number of nitrogens with one attached hydrogen (secondary N) is 2. The van der Waals surface area contributed by atoms with E-state index in [-0.39, 0.29) is 11.7 Å². The number of rotatable bonds is 3. The van der Waals surface area contributed by atoms with Crippen LogP contribution in [0.2, 0.25) is 0 Å². The van der Waals surface area contributed by atoms with Crippen molar-refractivity contribution in [3.05, 3.63) is 35.6 Å². The first-order valence-electron chi connectivity index (χ1n) is 9.29. The maximum absolute atomic E-state index is 13.3. The monoisotopic (exact) mass is 389 g/mol. The quantitative estimate of drug-likeness (QED) is 0.734. The van der Waals surface area contributed by atoms with E-state index in [9.17, 15) is 14.0 Å². The predicted octanol–water partition coefficient (Wildman–Crippen LogP) is -0.374. The Kier molecular flexibility index (Phi) is 4.90. The fourth-order valence-corrected chi connectivity index (χ4v) is 3.64. The van der Waals surface area contributed by atoms with E-state index in [0.29, 0.717) is 12.5 Å². The number of hydrazine groups is 1. The zero-order valence-corrected chi connectivity index (χ0v) is 15.9. The number of fused-ring (bicyclic) bond motifs is 1. The third-order valence-electron chi connectivity index (χ3n) is 5.39. The number of urea groups is 1. The molecule has 3 heterocycles. The van der Waals surface area contributed by atoms with Crippen molar-refractivity contribution >= 4 is 17.9 Å². The number of carbonyl (C=O) groups excluding carboxylic acids is 2. The second-order valence-electron chi connectivity index (χ2n) is 7.37. The van der Waals surface area contributed by atoms with Crippen molar-refractivity contribution in [1.29, 1.82) is 0 Å². The summed E-state index contributed by atoms with van der Waals surface area (Å²) in [7, 11) is 3.70. The number of benzene rings is 1. The van der Waals surface area contributed by atoms with Crippen molar-refractivity contribution < 1.29 is 14.0 Å². The average molecular weight is 389 g/mol. The molecule has 150 valence electrons. The lowest BCUT2D eigenvalue weighted by atomic mass is 10.1. The maximum atomic E-state index is 13.3. The van der Waals surface area contributed by atoms with Gasteiger partial charge in [0, 0.05) is 39.8 Å². The first kappa shape index (κ1) is 18.6. The van der Waals surface area contributed by atoms with Crippen LogP contribution >= 0.6 is 0 Å². The van der Waals surface area contributed by atoms with Crippen LogP contribution in [0.3, 0.4) is 0 Å². The van der Waals surface area contributed by atoms with E-state index in [1.165, 1.54) is 17.0 Å². The van der Waals surface area contributed by atoms with E-state index >= 15 is 0 Å². The molecule has 28 heavy (non-hydrogen) atoms. The van der Waals surface area contributed by atoms with Crippen LogP contribution in [0.1, 0.15) is 5.56 Å². The molecule has 3 aliphatic heterocycles. The van der Waals surface area contributed by atoms with E-state index in [2.05, 4.69) is 32.7 Å². The molecule has 3 aliphatic rings. The van der Waals surface area contributed by atoms with Crippen LogP contribution in [0.4, 0.5) is 9.18 Å². The van der Waals surface area contributed by atoms with Gasteiger partial charge in [0.15, 0.2) is 12.2 Å². The normalized spacial score (nSPS) is 26.2. The topological polar surface area (TPSA) is 83.5 Å². The summed E-state index contributed by atoms with van der Waals surface area (Å²) in [4.78, 5) is 34.8. The molecule has 9 nitrogen and oxygen atoms in total. The molecular weight excluding hydrogens is 365 g/mol. The number of likely N-dealkylation sites (N-methyl/N-ethyl adjacent to an activating group) is 2. The van der Waals surface area contributed by atoms with Gasteiger partial charge in [-0.15, -0.1) is 0 Å². The Morgan fingerprint density at radius 2 is 1.82 bits per heavy atom. The summed E-state index contributed by atoms with van der Waals surface area (Å²) in [6, 6.07) is 5.06. The zero-order valence-electron chi connectivity index (χ0n) is 15.9. The molecule has 0 radical (unpaired) electrons. The molecule has 0 aliphatic carbocycles. The van der Waals surface area contributed by atoms with Gasteiger partial charge in [-0.1, -0.05) is 12.1 Å². The standard InChI is InChI=1S/C18H24FN7O2/c1-23-7-9-25(10-8-23)22-17-20-15-14(16(27)21-18(28)24(15)2)26(17)11-12-3-5-13(19)6-4-12/h3-6,14-15H,7-11H2,1-2H3,(H,20,22)(H,21,27,28). The summed E-state index contributed by atoms with van der Waals surface area (Å²) < 4.78 is 13.3. The Balaban J connectivity index is 1.59. The number of amides is 3. The first-order chi connectivity index (χ1) is 13.4. The lowest BCUT2D eigenvalue weighted by molar-refractivity contribution is -0.127. The summed E-state index contributed by atoms with van der Waals surface area (Å²) in [5.41, 5.74) is 4.17. The molecule has 2 atom stereocenters. The van der Waals surface area contributed by atoms with Gasteiger partial charge in [0.2, 0.25) is 5.96 Å². The molecule has 0 spiro atoms. The van der Waals surface area contributed by atoms with Gasteiger partial charge in [0.05, 0.1) is 0 Å². The largest absolute Gasteiger partial charge is 0.325 e. The van der Waals surface area contributed by atoms with Crippen molar-refractivity contribution in [1.82, 2.24) is 30.5 Å². The molecule has 2 saturated heterocycles. The Hall–Kier alpha value is -2.72. The minimum Gasteiger partial charge on any atom is -0.322 e. The molecule has 2 N–H and O–H groups in total. The number of piperazine rings is 1. The number of guanidine groups is 1. The van der Waals surface area contributed by atoms with E-state index in [0.717, 1.165) is 31.7 Å². The van der Waals surface area contributed by atoms with Crippen LogP contribution in [0.5, 0.6) is 0 Å². The average Bonchev–Trinajstić information content (AvgIpc) is 3.02. The summed E-state index contributed by atoms with van der Waals surface area (Å²) in [6.45, 7) is 3.84. The van der Waals surface area contributed by atoms with E-state index in [4.69, 9.17) is 0 Å². The van der Waals surface area contributed by atoms with Gasteiger partial charge in [0.1, 0.15) is 5.82 Å². The number of imide groups is 1. The van der Waals surface area contributed by atoms with Crippen molar-refractivity contribution in [2.45, 2.75) is 18.8 Å². The minimum atomic E-state index is -0.636. The summed E-state index contributed by atoms with van der Waals surface area (Å²) in [5.74, 6) is -0.150. The molecule has 3 amide bonds. The highest BCUT2D eigenvalue weighted by Gasteiger charge is 2.48. The molecule has 0 bridgehead atoms. The molecule has 1 aromatic carbocycles. The second kappa shape index (κ2) is 7.36. The SMILES string of the molecule is CN1CCN(NC2=NC3C(C(=O)NC(=O)N3C)N2Cc2ccc(F)cc2)CC1. The third kappa shape index (κ3) is 3.52. The van der Waals surface area contributed by atoms with Crippen LogP contribution in [-0.2, 0) is 11.3 Å². The van der Waals surface area contributed by atoms with Crippen LogP contribution in [0, 0.1) is 5.82 Å².